The largest absolute Gasteiger partial charge is 0.497 e. The Bertz CT molecular complexity index is 1060. The van der Waals surface area contributed by atoms with Gasteiger partial charge in [-0.2, -0.15) is 0 Å². The van der Waals surface area contributed by atoms with Crippen LogP contribution in [0.3, 0.4) is 0 Å². The van der Waals surface area contributed by atoms with Crippen LogP contribution in [0.15, 0.2) is 54.6 Å². The Balaban J connectivity index is 2.32. The third-order valence-corrected chi connectivity index (χ3v) is 6.81. The molecule has 0 bridgehead atoms. The van der Waals surface area contributed by atoms with Crippen molar-refractivity contribution < 1.29 is 22.7 Å². The zero-order valence-corrected chi connectivity index (χ0v) is 21.3. The maximum Gasteiger partial charge on any atom is 0.244 e. The Labute approximate surface area is 202 Å². The van der Waals surface area contributed by atoms with E-state index in [1.54, 1.807) is 31.2 Å². The minimum Gasteiger partial charge on any atom is -0.497 e. The van der Waals surface area contributed by atoms with Crippen LogP contribution in [0.25, 0.3) is 0 Å². The maximum atomic E-state index is 13.5. The van der Waals surface area contributed by atoms with E-state index in [1.165, 1.54) is 12.0 Å². The minimum atomic E-state index is -3.78. The van der Waals surface area contributed by atoms with Crippen LogP contribution in [-0.4, -0.2) is 63.7 Å². The summed E-state index contributed by atoms with van der Waals surface area (Å²) in [7, 11) is -2.29. The molecule has 8 nitrogen and oxygen atoms in total. The summed E-state index contributed by atoms with van der Waals surface area (Å²) >= 11 is 0. The van der Waals surface area contributed by atoms with Crippen LogP contribution in [0.5, 0.6) is 5.75 Å². The molecule has 2 atom stereocenters. The lowest BCUT2D eigenvalue weighted by Gasteiger charge is -2.32. The highest BCUT2D eigenvalue weighted by Gasteiger charge is 2.30. The van der Waals surface area contributed by atoms with Gasteiger partial charge >= 0.3 is 0 Å². The van der Waals surface area contributed by atoms with E-state index in [2.05, 4.69) is 5.32 Å². The van der Waals surface area contributed by atoms with Crippen molar-refractivity contribution in [3.63, 3.8) is 0 Å². The monoisotopic (exact) mass is 489 g/mol. The molecule has 0 saturated heterocycles. The van der Waals surface area contributed by atoms with Gasteiger partial charge in [0.15, 0.2) is 0 Å². The lowest BCUT2D eigenvalue weighted by Crippen LogP contribution is -2.53. The van der Waals surface area contributed by atoms with Crippen molar-refractivity contribution in [2.24, 2.45) is 0 Å². The number of hydrogen-bond donors (Lipinski definition) is 1. The molecule has 0 fully saturated rings. The SMILES string of the molecule is CCC(C)NC(=O)C(C)N(CCc1ccccc1)C(=O)CN(c1cccc(OC)c1)S(C)(=O)=O. The summed E-state index contributed by atoms with van der Waals surface area (Å²) in [5.41, 5.74) is 1.33. The van der Waals surface area contributed by atoms with Gasteiger partial charge in [0, 0.05) is 18.7 Å². The molecular weight excluding hydrogens is 454 g/mol. The number of hydrogen-bond acceptors (Lipinski definition) is 5. The normalized spacial score (nSPS) is 13.0. The van der Waals surface area contributed by atoms with Crippen molar-refractivity contribution in [3.05, 3.63) is 60.2 Å². The van der Waals surface area contributed by atoms with Gasteiger partial charge in [-0.1, -0.05) is 43.3 Å². The summed E-state index contributed by atoms with van der Waals surface area (Å²) in [4.78, 5) is 27.8. The first-order valence-corrected chi connectivity index (χ1v) is 13.2. The Kier molecular flexibility index (Phi) is 9.92. The number of ether oxygens (including phenoxy) is 1. The number of carbonyl (C=O) groups is 2. The molecule has 9 heteroatoms. The summed E-state index contributed by atoms with van der Waals surface area (Å²) in [5.74, 6) is -0.264. The molecule has 2 amide bonds. The van der Waals surface area contributed by atoms with Gasteiger partial charge in [-0.25, -0.2) is 8.42 Å². The fraction of sp³-hybridized carbons (Fsp3) is 0.440. The maximum absolute atomic E-state index is 13.5. The Hall–Kier alpha value is -3.07. The van der Waals surface area contributed by atoms with E-state index in [1.807, 2.05) is 44.2 Å². The summed E-state index contributed by atoms with van der Waals surface area (Å²) in [6.07, 6.45) is 2.34. The van der Waals surface area contributed by atoms with Crippen LogP contribution in [0, 0.1) is 0 Å². The molecule has 2 aromatic carbocycles. The molecule has 2 aromatic rings. The summed E-state index contributed by atoms with van der Waals surface area (Å²) < 4.78 is 31.4. The quantitative estimate of drug-likeness (QED) is 0.495. The molecule has 0 aliphatic rings. The first-order valence-electron chi connectivity index (χ1n) is 11.3. The van der Waals surface area contributed by atoms with Crippen molar-refractivity contribution in [3.8, 4) is 5.75 Å². The second-order valence-electron chi connectivity index (χ2n) is 8.29. The smallest absolute Gasteiger partial charge is 0.244 e. The molecule has 0 aliphatic heterocycles. The number of carbonyl (C=O) groups excluding carboxylic acids is 2. The first-order chi connectivity index (χ1) is 16.1. The van der Waals surface area contributed by atoms with E-state index in [-0.39, 0.29) is 18.5 Å². The number of nitrogens with one attached hydrogen (secondary N) is 1. The molecule has 0 spiro atoms. The molecule has 0 aliphatic carbocycles. The fourth-order valence-electron chi connectivity index (χ4n) is 3.41. The van der Waals surface area contributed by atoms with Gasteiger partial charge in [0.05, 0.1) is 19.1 Å². The van der Waals surface area contributed by atoms with E-state index in [0.717, 1.165) is 22.5 Å². The molecule has 0 radical (unpaired) electrons. The first kappa shape index (κ1) is 27.2. The fourth-order valence-corrected chi connectivity index (χ4v) is 4.26. The number of rotatable bonds is 12. The highest BCUT2D eigenvalue weighted by atomic mass is 32.2. The van der Waals surface area contributed by atoms with Crippen molar-refractivity contribution in [2.45, 2.75) is 45.7 Å². The standard InChI is InChI=1S/C25H35N3O5S/c1-6-19(2)26-25(30)20(3)27(16-15-21-11-8-7-9-12-21)24(29)18-28(34(5,31)32)22-13-10-14-23(17-22)33-4/h7-14,17,19-20H,6,15-16,18H2,1-5H3,(H,26,30). The highest BCUT2D eigenvalue weighted by Crippen LogP contribution is 2.23. The van der Waals surface area contributed by atoms with Crippen LogP contribution >= 0.6 is 0 Å². The molecule has 0 saturated carbocycles. The predicted molar refractivity (Wildman–Crippen MR) is 134 cm³/mol. The van der Waals surface area contributed by atoms with E-state index in [4.69, 9.17) is 4.74 Å². The van der Waals surface area contributed by atoms with E-state index < -0.39 is 28.5 Å². The highest BCUT2D eigenvalue weighted by molar-refractivity contribution is 7.92. The second-order valence-corrected chi connectivity index (χ2v) is 10.2. The summed E-state index contributed by atoms with van der Waals surface area (Å²) in [6, 6.07) is 15.3. The molecule has 1 N–H and O–H groups in total. The summed E-state index contributed by atoms with van der Waals surface area (Å²) in [5, 5.41) is 2.91. The van der Waals surface area contributed by atoms with E-state index in [0.29, 0.717) is 17.9 Å². The van der Waals surface area contributed by atoms with Gasteiger partial charge in [-0.05, 0) is 44.4 Å². The predicted octanol–water partition coefficient (Wildman–Crippen LogP) is 2.84. The molecule has 2 unspecified atom stereocenters. The van der Waals surface area contributed by atoms with E-state index in [9.17, 15) is 18.0 Å². The van der Waals surface area contributed by atoms with Crippen LogP contribution in [0.4, 0.5) is 5.69 Å². The molecule has 186 valence electrons. The van der Waals surface area contributed by atoms with Crippen molar-refractivity contribution in [1.29, 1.82) is 0 Å². The van der Waals surface area contributed by atoms with Gasteiger partial charge in [-0.3, -0.25) is 13.9 Å². The number of anilines is 1. The minimum absolute atomic E-state index is 0.0367. The van der Waals surface area contributed by atoms with Crippen LogP contribution in [-0.2, 0) is 26.0 Å². The molecule has 0 aromatic heterocycles. The molecular formula is C25H35N3O5S. The van der Waals surface area contributed by atoms with Crippen molar-refractivity contribution >= 4 is 27.5 Å². The van der Waals surface area contributed by atoms with Gasteiger partial charge in [0.1, 0.15) is 18.3 Å². The molecule has 0 heterocycles. The Morgan fingerprint density at radius 3 is 2.32 bits per heavy atom. The van der Waals surface area contributed by atoms with Crippen molar-refractivity contribution in [1.82, 2.24) is 10.2 Å². The van der Waals surface area contributed by atoms with Crippen LogP contribution in [0.1, 0.15) is 32.8 Å². The van der Waals surface area contributed by atoms with Gasteiger partial charge in [0.2, 0.25) is 21.8 Å². The zero-order chi connectivity index (χ0) is 25.3. The van der Waals surface area contributed by atoms with Crippen molar-refractivity contribution in [2.75, 3.05) is 30.8 Å². The van der Waals surface area contributed by atoms with Gasteiger partial charge in [-0.15, -0.1) is 0 Å². The lowest BCUT2D eigenvalue weighted by molar-refractivity contribution is -0.139. The number of sulfonamides is 1. The second kappa shape index (κ2) is 12.4. The van der Waals surface area contributed by atoms with E-state index >= 15 is 0 Å². The molecule has 2 rings (SSSR count). The average Bonchev–Trinajstić information content (AvgIpc) is 2.82. The summed E-state index contributed by atoms with van der Waals surface area (Å²) in [6.45, 7) is 5.37. The molecule has 34 heavy (non-hydrogen) atoms. The van der Waals surface area contributed by atoms with Crippen LogP contribution < -0.4 is 14.4 Å². The van der Waals surface area contributed by atoms with Crippen LogP contribution in [0.2, 0.25) is 0 Å². The number of amides is 2. The third-order valence-electron chi connectivity index (χ3n) is 5.67. The average molecular weight is 490 g/mol. The number of methoxy groups -OCH3 is 1. The lowest BCUT2D eigenvalue weighted by atomic mass is 10.1. The van der Waals surface area contributed by atoms with Gasteiger partial charge < -0.3 is 15.0 Å². The Morgan fingerprint density at radius 1 is 1.06 bits per heavy atom. The third kappa shape index (κ3) is 7.76. The van der Waals surface area contributed by atoms with Gasteiger partial charge in [0.25, 0.3) is 0 Å². The number of nitrogens with zero attached hydrogens (tertiary/aromatic N) is 2. The topological polar surface area (TPSA) is 96.0 Å². The number of benzene rings is 2. The zero-order valence-electron chi connectivity index (χ0n) is 20.5. The Morgan fingerprint density at radius 2 is 1.74 bits per heavy atom.